The van der Waals surface area contributed by atoms with Crippen LogP contribution in [0.5, 0.6) is 5.75 Å². The van der Waals surface area contributed by atoms with Crippen molar-refractivity contribution in [3.63, 3.8) is 0 Å². The summed E-state index contributed by atoms with van der Waals surface area (Å²) in [7, 11) is 0. The predicted molar refractivity (Wildman–Crippen MR) is 114 cm³/mol. The molecule has 5 nitrogen and oxygen atoms in total. The Kier molecular flexibility index (Phi) is 6.71. The molecular formula is C21H23IN2O3. The summed E-state index contributed by atoms with van der Waals surface area (Å²) in [5.41, 5.74) is 1.91. The number of amides is 2. The number of carbonyl (C=O) groups is 2. The van der Waals surface area contributed by atoms with Crippen LogP contribution in [-0.4, -0.2) is 36.4 Å². The van der Waals surface area contributed by atoms with Crippen molar-refractivity contribution >= 4 is 40.1 Å². The van der Waals surface area contributed by atoms with Gasteiger partial charge in [-0.1, -0.05) is 18.2 Å². The molecule has 1 fully saturated rings. The van der Waals surface area contributed by atoms with E-state index in [1.165, 1.54) is 0 Å². The van der Waals surface area contributed by atoms with Crippen molar-refractivity contribution in [1.29, 1.82) is 0 Å². The normalized spacial score (nSPS) is 14.7. The molecule has 0 unspecified atom stereocenters. The summed E-state index contributed by atoms with van der Waals surface area (Å²) in [6, 6.07) is 15.3. The van der Waals surface area contributed by atoms with Crippen LogP contribution in [0, 0.1) is 16.4 Å². The van der Waals surface area contributed by atoms with E-state index in [4.69, 9.17) is 4.74 Å². The van der Waals surface area contributed by atoms with Crippen molar-refractivity contribution in [1.82, 2.24) is 4.90 Å². The number of likely N-dealkylation sites (tertiary alicyclic amines) is 1. The molecule has 0 bridgehead atoms. The number of halogens is 1. The van der Waals surface area contributed by atoms with E-state index < -0.39 is 0 Å². The Hall–Kier alpha value is -2.09. The second-order valence-corrected chi connectivity index (χ2v) is 7.95. The Bertz CT molecular complexity index is 802. The highest BCUT2D eigenvalue weighted by Gasteiger charge is 2.27. The topological polar surface area (TPSA) is 58.6 Å². The van der Waals surface area contributed by atoms with E-state index in [1.54, 1.807) is 4.90 Å². The van der Waals surface area contributed by atoms with E-state index in [1.807, 2.05) is 55.5 Å². The second-order valence-electron chi connectivity index (χ2n) is 6.71. The number of rotatable bonds is 5. The van der Waals surface area contributed by atoms with Gasteiger partial charge in [0.25, 0.3) is 5.91 Å². The molecule has 2 aromatic rings. The van der Waals surface area contributed by atoms with Gasteiger partial charge in [-0.25, -0.2) is 0 Å². The Balaban J connectivity index is 1.46. The lowest BCUT2D eigenvalue weighted by Crippen LogP contribution is -2.43. The Morgan fingerprint density at radius 1 is 1.15 bits per heavy atom. The molecule has 1 aliphatic heterocycles. The first-order valence-corrected chi connectivity index (χ1v) is 10.1. The molecular weight excluding hydrogens is 455 g/mol. The number of nitrogens with one attached hydrogen (secondary N) is 1. The van der Waals surface area contributed by atoms with E-state index in [0.717, 1.165) is 14.8 Å². The van der Waals surface area contributed by atoms with E-state index >= 15 is 0 Å². The standard InChI is InChI=1S/C21H23IN2O3/c1-15-13-17(22)7-8-19(15)23-21(26)16-9-11-24(12-10-16)20(25)14-27-18-5-3-2-4-6-18/h2-8,13,16H,9-12,14H2,1H3,(H,23,26). The first-order chi connectivity index (χ1) is 13.0. The average Bonchev–Trinajstić information content (AvgIpc) is 2.69. The van der Waals surface area contributed by atoms with Gasteiger partial charge in [0.05, 0.1) is 0 Å². The molecule has 1 saturated heterocycles. The number of benzene rings is 2. The third-order valence-corrected chi connectivity index (χ3v) is 5.44. The van der Waals surface area contributed by atoms with Gasteiger partial charge >= 0.3 is 0 Å². The van der Waals surface area contributed by atoms with Crippen LogP contribution >= 0.6 is 22.6 Å². The minimum absolute atomic E-state index is 0.0305. The van der Waals surface area contributed by atoms with E-state index in [-0.39, 0.29) is 24.3 Å². The smallest absolute Gasteiger partial charge is 0.260 e. The zero-order valence-corrected chi connectivity index (χ0v) is 17.4. The number of nitrogens with zero attached hydrogens (tertiary/aromatic N) is 1. The van der Waals surface area contributed by atoms with E-state index in [9.17, 15) is 9.59 Å². The second kappa shape index (κ2) is 9.21. The van der Waals surface area contributed by atoms with Crippen molar-refractivity contribution in [3.8, 4) is 5.75 Å². The average molecular weight is 478 g/mol. The Morgan fingerprint density at radius 2 is 1.85 bits per heavy atom. The van der Waals surface area contributed by atoms with Gasteiger partial charge in [0.15, 0.2) is 6.61 Å². The number of ether oxygens (including phenoxy) is 1. The van der Waals surface area contributed by atoms with Gasteiger partial charge in [0.1, 0.15) is 5.75 Å². The third-order valence-electron chi connectivity index (χ3n) is 4.77. The number of hydrogen-bond donors (Lipinski definition) is 1. The zero-order valence-electron chi connectivity index (χ0n) is 15.3. The highest BCUT2D eigenvalue weighted by Crippen LogP contribution is 2.22. The van der Waals surface area contributed by atoms with Crippen LogP contribution < -0.4 is 10.1 Å². The van der Waals surface area contributed by atoms with Gasteiger partial charge in [-0.2, -0.15) is 0 Å². The molecule has 0 atom stereocenters. The molecule has 1 aliphatic rings. The maximum atomic E-state index is 12.6. The lowest BCUT2D eigenvalue weighted by molar-refractivity contribution is -0.136. The van der Waals surface area contributed by atoms with Crippen molar-refractivity contribution in [2.75, 3.05) is 25.0 Å². The Labute approximate surface area is 173 Å². The summed E-state index contributed by atoms with van der Waals surface area (Å²) in [5, 5.41) is 3.03. The maximum absolute atomic E-state index is 12.6. The van der Waals surface area contributed by atoms with Crippen molar-refractivity contribution in [2.45, 2.75) is 19.8 Å². The molecule has 0 radical (unpaired) electrons. The molecule has 0 saturated carbocycles. The van der Waals surface area contributed by atoms with E-state index in [2.05, 4.69) is 27.9 Å². The molecule has 142 valence electrons. The zero-order chi connectivity index (χ0) is 19.2. The first-order valence-electron chi connectivity index (χ1n) is 9.05. The summed E-state index contributed by atoms with van der Waals surface area (Å²) in [4.78, 5) is 26.6. The lowest BCUT2D eigenvalue weighted by Gasteiger charge is -2.31. The highest BCUT2D eigenvalue weighted by atomic mass is 127. The first kappa shape index (κ1) is 19.7. The molecule has 1 N–H and O–H groups in total. The highest BCUT2D eigenvalue weighted by molar-refractivity contribution is 14.1. The predicted octanol–water partition coefficient (Wildman–Crippen LogP) is 3.86. The molecule has 6 heteroatoms. The fourth-order valence-corrected chi connectivity index (χ4v) is 3.79. The molecule has 0 spiro atoms. The number of para-hydroxylation sites is 1. The molecule has 27 heavy (non-hydrogen) atoms. The van der Waals surface area contributed by atoms with Crippen molar-refractivity contribution in [2.24, 2.45) is 5.92 Å². The van der Waals surface area contributed by atoms with Crippen LogP contribution in [0.25, 0.3) is 0 Å². The van der Waals surface area contributed by atoms with Gasteiger partial charge in [-0.15, -0.1) is 0 Å². The molecule has 3 rings (SSSR count). The fraction of sp³-hybridized carbons (Fsp3) is 0.333. The molecule has 1 heterocycles. The minimum Gasteiger partial charge on any atom is -0.484 e. The summed E-state index contributed by atoms with van der Waals surface area (Å²) in [6.45, 7) is 3.19. The molecule has 0 aromatic heterocycles. The maximum Gasteiger partial charge on any atom is 0.260 e. The van der Waals surface area contributed by atoms with Gasteiger partial charge in [-0.3, -0.25) is 9.59 Å². The number of aryl methyl sites for hydroxylation is 1. The summed E-state index contributed by atoms with van der Waals surface area (Å²) in [6.07, 6.45) is 1.35. The summed E-state index contributed by atoms with van der Waals surface area (Å²) in [5.74, 6) is 0.619. The minimum atomic E-state index is -0.0669. The van der Waals surface area contributed by atoms with Crippen molar-refractivity contribution in [3.05, 3.63) is 57.7 Å². The molecule has 2 amide bonds. The van der Waals surface area contributed by atoms with Crippen LogP contribution in [0.2, 0.25) is 0 Å². The fourth-order valence-electron chi connectivity index (χ4n) is 3.15. The lowest BCUT2D eigenvalue weighted by atomic mass is 9.95. The van der Waals surface area contributed by atoms with Gasteiger partial charge < -0.3 is 15.0 Å². The third kappa shape index (κ3) is 5.45. The monoisotopic (exact) mass is 478 g/mol. The summed E-state index contributed by atoms with van der Waals surface area (Å²) >= 11 is 2.26. The number of carbonyl (C=O) groups excluding carboxylic acids is 2. The number of anilines is 1. The largest absolute Gasteiger partial charge is 0.484 e. The SMILES string of the molecule is Cc1cc(I)ccc1NC(=O)C1CCN(C(=O)COc2ccccc2)CC1. The van der Waals surface area contributed by atoms with Crippen LogP contribution in [0.3, 0.4) is 0 Å². The van der Waals surface area contributed by atoms with Crippen LogP contribution in [0.4, 0.5) is 5.69 Å². The quantitative estimate of drug-likeness (QED) is 0.665. The molecule has 0 aliphatic carbocycles. The van der Waals surface area contributed by atoms with Crippen LogP contribution in [0.15, 0.2) is 48.5 Å². The van der Waals surface area contributed by atoms with Gasteiger partial charge in [-0.05, 0) is 78.3 Å². The van der Waals surface area contributed by atoms with Crippen molar-refractivity contribution < 1.29 is 14.3 Å². The van der Waals surface area contributed by atoms with Crippen LogP contribution in [0.1, 0.15) is 18.4 Å². The van der Waals surface area contributed by atoms with Gasteiger partial charge in [0, 0.05) is 28.3 Å². The Morgan fingerprint density at radius 3 is 2.52 bits per heavy atom. The summed E-state index contributed by atoms with van der Waals surface area (Å²) < 4.78 is 6.67. The number of hydrogen-bond acceptors (Lipinski definition) is 3. The van der Waals surface area contributed by atoms with Gasteiger partial charge in [0.2, 0.25) is 5.91 Å². The number of piperidine rings is 1. The van der Waals surface area contributed by atoms with E-state index in [0.29, 0.717) is 31.7 Å². The van der Waals surface area contributed by atoms with Crippen LogP contribution in [-0.2, 0) is 9.59 Å². The molecule has 2 aromatic carbocycles.